The van der Waals surface area contributed by atoms with Crippen LogP contribution in [0, 0.1) is 17.8 Å². The Morgan fingerprint density at radius 3 is 1.37 bits per heavy atom. The molecule has 0 spiro atoms. The maximum Gasteiger partial charge on any atom is 0.309 e. The van der Waals surface area contributed by atoms with Crippen molar-refractivity contribution in [2.45, 2.75) is 176 Å². The van der Waals surface area contributed by atoms with E-state index in [1.54, 1.807) is 0 Å². The molecule has 0 aliphatic heterocycles. The van der Waals surface area contributed by atoms with Crippen molar-refractivity contribution in [3.8, 4) is 0 Å². The number of carbonyl (C=O) groups is 2. The molecule has 0 N–H and O–H groups in total. The van der Waals surface area contributed by atoms with Crippen LogP contribution in [0.3, 0.4) is 0 Å². The molecule has 0 aromatic heterocycles. The maximum absolute atomic E-state index is 12.8. The molecule has 0 bridgehead atoms. The van der Waals surface area contributed by atoms with Crippen LogP contribution in [-0.2, 0) is 19.1 Å². The second-order valence-corrected chi connectivity index (χ2v) is 12.5. The summed E-state index contributed by atoms with van der Waals surface area (Å²) in [5.41, 5.74) is 0. The summed E-state index contributed by atoms with van der Waals surface area (Å²) in [5, 5.41) is 0. The zero-order chi connectivity index (χ0) is 28.3. The molecule has 1 unspecified atom stereocenters. The van der Waals surface area contributed by atoms with Crippen LogP contribution in [-0.4, -0.2) is 25.2 Å². The Hall–Kier alpha value is -1.06. The van der Waals surface area contributed by atoms with Gasteiger partial charge in [-0.3, -0.25) is 9.59 Å². The minimum atomic E-state index is -0.359. The molecule has 0 aromatic carbocycles. The van der Waals surface area contributed by atoms with Gasteiger partial charge in [-0.05, 0) is 31.1 Å². The van der Waals surface area contributed by atoms with Crippen LogP contribution < -0.4 is 0 Å². The molecule has 0 aromatic rings. The predicted octanol–water partition coefficient (Wildman–Crippen LogP) is 10.6. The fourth-order valence-electron chi connectivity index (χ4n) is 4.93. The molecule has 4 heteroatoms. The quantitative estimate of drug-likeness (QED) is 0.0734. The number of esters is 2. The minimum Gasteiger partial charge on any atom is -0.466 e. The zero-order valence-electron chi connectivity index (χ0n) is 26.3. The first-order valence-corrected chi connectivity index (χ1v) is 16.7. The summed E-state index contributed by atoms with van der Waals surface area (Å²) in [7, 11) is 0. The van der Waals surface area contributed by atoms with Crippen molar-refractivity contribution in [2.75, 3.05) is 13.2 Å². The Morgan fingerprint density at radius 1 is 0.500 bits per heavy atom. The van der Waals surface area contributed by atoms with Gasteiger partial charge in [0.1, 0.15) is 0 Å². The monoisotopic (exact) mass is 538 g/mol. The van der Waals surface area contributed by atoms with E-state index < -0.39 is 0 Å². The Kier molecular flexibility index (Phi) is 26.7. The van der Waals surface area contributed by atoms with Crippen molar-refractivity contribution < 1.29 is 19.1 Å². The third-order valence-electron chi connectivity index (χ3n) is 7.51. The molecular weight excluding hydrogens is 472 g/mol. The number of hydrogen-bond acceptors (Lipinski definition) is 4. The second-order valence-electron chi connectivity index (χ2n) is 12.5. The van der Waals surface area contributed by atoms with Crippen LogP contribution in [0.15, 0.2) is 0 Å². The van der Waals surface area contributed by atoms with E-state index in [4.69, 9.17) is 9.47 Å². The molecule has 0 rings (SSSR count). The van der Waals surface area contributed by atoms with Gasteiger partial charge in [-0.15, -0.1) is 0 Å². The van der Waals surface area contributed by atoms with Gasteiger partial charge in [0.2, 0.25) is 0 Å². The van der Waals surface area contributed by atoms with Gasteiger partial charge in [0, 0.05) is 0 Å². The molecular formula is C34H66O4. The Bertz CT molecular complexity index is 529. The molecule has 1 atom stereocenters. The summed E-state index contributed by atoms with van der Waals surface area (Å²) in [6, 6.07) is 0. The highest BCUT2D eigenvalue weighted by Crippen LogP contribution is 2.19. The van der Waals surface area contributed by atoms with E-state index in [0.717, 1.165) is 56.8 Å². The van der Waals surface area contributed by atoms with Crippen molar-refractivity contribution in [1.29, 1.82) is 0 Å². The summed E-state index contributed by atoms with van der Waals surface area (Å²) >= 11 is 0. The molecule has 0 amide bonds. The largest absolute Gasteiger partial charge is 0.466 e. The molecule has 0 aliphatic rings. The first-order valence-electron chi connectivity index (χ1n) is 16.7. The van der Waals surface area contributed by atoms with Crippen molar-refractivity contribution in [3.63, 3.8) is 0 Å². The Balaban J connectivity index is 4.22. The standard InChI is InChI=1S/C34H66O4/c1-6-7-8-9-10-11-12-13-14-15-16-21-26-32(34(36)38-28-23-18-20-25-31(4)5)29-33(35)37-27-22-17-19-24-30(2)3/h30-32H,6-29H2,1-5H3. The Morgan fingerprint density at radius 2 is 0.895 bits per heavy atom. The summed E-state index contributed by atoms with van der Waals surface area (Å²) < 4.78 is 11.1. The lowest BCUT2D eigenvalue weighted by atomic mass is 9.97. The lowest BCUT2D eigenvalue weighted by molar-refractivity contribution is -0.155. The van der Waals surface area contributed by atoms with Crippen molar-refractivity contribution in [1.82, 2.24) is 0 Å². The lowest BCUT2D eigenvalue weighted by Gasteiger charge is -2.16. The van der Waals surface area contributed by atoms with Crippen molar-refractivity contribution >= 4 is 11.9 Å². The lowest BCUT2D eigenvalue weighted by Crippen LogP contribution is -2.23. The van der Waals surface area contributed by atoms with E-state index >= 15 is 0 Å². The van der Waals surface area contributed by atoms with E-state index in [9.17, 15) is 9.59 Å². The van der Waals surface area contributed by atoms with Crippen molar-refractivity contribution in [3.05, 3.63) is 0 Å². The van der Waals surface area contributed by atoms with E-state index in [1.807, 2.05) is 0 Å². The number of hydrogen-bond donors (Lipinski definition) is 0. The number of carbonyl (C=O) groups excluding carboxylic acids is 2. The molecule has 38 heavy (non-hydrogen) atoms. The topological polar surface area (TPSA) is 52.6 Å². The van der Waals surface area contributed by atoms with Gasteiger partial charge < -0.3 is 9.47 Å². The minimum absolute atomic E-state index is 0.163. The highest BCUT2D eigenvalue weighted by atomic mass is 16.5. The molecule has 0 heterocycles. The first kappa shape index (κ1) is 36.9. The van der Waals surface area contributed by atoms with Crippen molar-refractivity contribution in [2.24, 2.45) is 17.8 Å². The highest BCUT2D eigenvalue weighted by molar-refractivity contribution is 5.79. The average molecular weight is 539 g/mol. The van der Waals surface area contributed by atoms with Crippen LogP contribution in [0.25, 0.3) is 0 Å². The smallest absolute Gasteiger partial charge is 0.309 e. The number of rotatable bonds is 28. The predicted molar refractivity (Wildman–Crippen MR) is 162 cm³/mol. The molecule has 4 nitrogen and oxygen atoms in total. The fraction of sp³-hybridized carbons (Fsp3) is 0.941. The van der Waals surface area contributed by atoms with Crippen LogP contribution in [0.1, 0.15) is 176 Å². The average Bonchev–Trinajstić information content (AvgIpc) is 2.87. The molecule has 0 saturated carbocycles. The zero-order valence-corrected chi connectivity index (χ0v) is 26.3. The molecule has 0 saturated heterocycles. The molecule has 0 fully saturated rings. The summed E-state index contributed by atoms with van der Waals surface area (Å²) in [6.45, 7) is 12.2. The molecule has 0 radical (unpaired) electrons. The highest BCUT2D eigenvalue weighted by Gasteiger charge is 2.24. The fourth-order valence-corrected chi connectivity index (χ4v) is 4.93. The summed E-state index contributed by atoms with van der Waals surface area (Å²) in [5.74, 6) is 0.637. The van der Waals surface area contributed by atoms with Gasteiger partial charge in [-0.25, -0.2) is 0 Å². The summed E-state index contributed by atoms with van der Waals surface area (Å²) in [6.07, 6.45) is 25.2. The van der Waals surface area contributed by atoms with Crippen LogP contribution in [0.4, 0.5) is 0 Å². The third-order valence-corrected chi connectivity index (χ3v) is 7.51. The van der Waals surface area contributed by atoms with Crippen LogP contribution in [0.2, 0.25) is 0 Å². The van der Waals surface area contributed by atoms with Gasteiger partial charge in [0.25, 0.3) is 0 Å². The van der Waals surface area contributed by atoms with Crippen LogP contribution >= 0.6 is 0 Å². The molecule has 226 valence electrons. The SMILES string of the molecule is CCCCCCCCCCCCCCC(CC(=O)OCCCCCC(C)C)C(=O)OCCCCCC(C)C. The van der Waals surface area contributed by atoms with Gasteiger partial charge >= 0.3 is 11.9 Å². The maximum atomic E-state index is 12.8. The second kappa shape index (κ2) is 27.5. The van der Waals surface area contributed by atoms with Gasteiger partial charge in [0.15, 0.2) is 0 Å². The third kappa shape index (κ3) is 26.5. The van der Waals surface area contributed by atoms with E-state index in [2.05, 4.69) is 34.6 Å². The van der Waals surface area contributed by atoms with Gasteiger partial charge in [-0.2, -0.15) is 0 Å². The number of ether oxygens (including phenoxy) is 2. The van der Waals surface area contributed by atoms with Crippen LogP contribution in [0.5, 0.6) is 0 Å². The van der Waals surface area contributed by atoms with Gasteiger partial charge in [0.05, 0.1) is 25.6 Å². The summed E-state index contributed by atoms with van der Waals surface area (Å²) in [4.78, 5) is 25.3. The Labute approximate surface area is 237 Å². The molecule has 0 aliphatic carbocycles. The first-order chi connectivity index (χ1) is 18.4. The van der Waals surface area contributed by atoms with Gasteiger partial charge in [-0.1, -0.05) is 150 Å². The normalized spacial score (nSPS) is 12.3. The van der Waals surface area contributed by atoms with E-state index in [0.29, 0.717) is 13.2 Å². The number of unbranched alkanes of at least 4 members (excludes halogenated alkanes) is 15. The van der Waals surface area contributed by atoms with E-state index in [1.165, 1.54) is 89.9 Å². The van der Waals surface area contributed by atoms with E-state index in [-0.39, 0.29) is 24.3 Å².